The maximum absolute atomic E-state index is 11.4. The lowest BCUT2D eigenvalue weighted by molar-refractivity contribution is 0.253. The molecule has 7 heteroatoms. The first-order valence-corrected chi connectivity index (χ1v) is 6.39. The quantitative estimate of drug-likeness (QED) is 0.623. The Bertz CT molecular complexity index is 471. The summed E-state index contributed by atoms with van der Waals surface area (Å²) in [5, 5.41) is 0. The number of carbonyl (C=O) groups excluding carboxylic acids is 1. The summed E-state index contributed by atoms with van der Waals surface area (Å²) in [7, 11) is 0. The van der Waals surface area contributed by atoms with Gasteiger partial charge in [0.2, 0.25) is 5.95 Å². The summed E-state index contributed by atoms with van der Waals surface area (Å²) >= 11 is 0. The van der Waals surface area contributed by atoms with Gasteiger partial charge in [0.1, 0.15) is 0 Å². The van der Waals surface area contributed by atoms with Gasteiger partial charge in [-0.1, -0.05) is 12.8 Å². The third-order valence-electron chi connectivity index (χ3n) is 2.71. The van der Waals surface area contributed by atoms with Crippen LogP contribution >= 0.6 is 0 Å². The summed E-state index contributed by atoms with van der Waals surface area (Å²) in [6.45, 7) is 2.80. The number of unbranched alkanes of at least 4 members (excludes halogenated alkanes) is 3. The van der Waals surface area contributed by atoms with E-state index in [4.69, 9.17) is 11.5 Å². The van der Waals surface area contributed by atoms with Crippen molar-refractivity contribution in [3.8, 4) is 0 Å². The number of amides is 2. The van der Waals surface area contributed by atoms with Crippen molar-refractivity contribution >= 4 is 12.0 Å². The van der Waals surface area contributed by atoms with E-state index in [0.717, 1.165) is 25.7 Å². The standard InChI is InChI=1S/C12H21N5O2/c1-9-8-10(18)16-12(15-9)17(11(14)19)7-5-3-2-4-6-13/h8H,2-7,13H2,1H3,(H2,14,19)(H,15,16,18). The summed E-state index contributed by atoms with van der Waals surface area (Å²) in [6, 6.07) is 0.747. The first kappa shape index (κ1) is 15.2. The number of aromatic amines is 1. The molecular weight excluding hydrogens is 246 g/mol. The Kier molecular flexibility index (Phi) is 6.01. The Hall–Kier alpha value is -1.89. The second-order valence-electron chi connectivity index (χ2n) is 4.40. The molecule has 2 amide bonds. The molecule has 0 radical (unpaired) electrons. The highest BCUT2D eigenvalue weighted by Crippen LogP contribution is 2.08. The first-order chi connectivity index (χ1) is 9.04. The molecule has 0 spiro atoms. The SMILES string of the molecule is Cc1cc(=O)[nH]c(N(CCCCCCN)C(N)=O)n1. The molecule has 0 fully saturated rings. The number of aryl methyl sites for hydroxylation is 1. The van der Waals surface area contributed by atoms with E-state index in [1.54, 1.807) is 6.92 Å². The molecule has 0 aliphatic rings. The number of urea groups is 1. The molecule has 1 aromatic heterocycles. The Morgan fingerprint density at radius 1 is 1.37 bits per heavy atom. The second kappa shape index (κ2) is 7.52. The van der Waals surface area contributed by atoms with Gasteiger partial charge < -0.3 is 11.5 Å². The van der Waals surface area contributed by atoms with Gasteiger partial charge in [-0.05, 0) is 26.3 Å². The molecule has 0 aliphatic carbocycles. The maximum atomic E-state index is 11.4. The summed E-state index contributed by atoms with van der Waals surface area (Å²) < 4.78 is 0. The van der Waals surface area contributed by atoms with Gasteiger partial charge in [0.25, 0.3) is 5.56 Å². The number of hydrogen-bond acceptors (Lipinski definition) is 4. The van der Waals surface area contributed by atoms with E-state index in [-0.39, 0.29) is 11.5 Å². The van der Waals surface area contributed by atoms with Crippen LogP contribution in [0.5, 0.6) is 0 Å². The molecular formula is C12H21N5O2. The van der Waals surface area contributed by atoms with Crippen molar-refractivity contribution < 1.29 is 4.79 Å². The number of primary amides is 1. The average molecular weight is 267 g/mol. The molecule has 5 N–H and O–H groups in total. The van der Waals surface area contributed by atoms with Crippen LogP contribution in [0.15, 0.2) is 10.9 Å². The van der Waals surface area contributed by atoms with Crippen molar-refractivity contribution in [1.82, 2.24) is 9.97 Å². The number of carbonyl (C=O) groups is 1. The zero-order valence-corrected chi connectivity index (χ0v) is 11.2. The Balaban J connectivity index is 2.66. The topological polar surface area (TPSA) is 118 Å². The summed E-state index contributed by atoms with van der Waals surface area (Å²) in [5.74, 6) is 0.205. The number of anilines is 1. The molecule has 0 aromatic carbocycles. The van der Waals surface area contributed by atoms with Crippen LogP contribution in [0.2, 0.25) is 0 Å². The van der Waals surface area contributed by atoms with E-state index in [1.807, 2.05) is 0 Å². The van der Waals surface area contributed by atoms with Crippen LogP contribution in [0.25, 0.3) is 0 Å². The van der Waals surface area contributed by atoms with Crippen molar-refractivity contribution in [3.63, 3.8) is 0 Å². The molecule has 1 aromatic rings. The lowest BCUT2D eigenvalue weighted by Gasteiger charge is -2.18. The normalized spacial score (nSPS) is 10.4. The molecule has 0 saturated heterocycles. The maximum Gasteiger partial charge on any atom is 0.321 e. The number of H-pyrrole nitrogens is 1. The number of nitrogens with one attached hydrogen (secondary N) is 1. The minimum atomic E-state index is -0.618. The second-order valence-corrected chi connectivity index (χ2v) is 4.40. The van der Waals surface area contributed by atoms with E-state index < -0.39 is 6.03 Å². The van der Waals surface area contributed by atoms with Gasteiger partial charge in [-0.2, -0.15) is 0 Å². The van der Waals surface area contributed by atoms with E-state index in [9.17, 15) is 9.59 Å². The molecule has 0 atom stereocenters. The minimum absolute atomic E-state index is 0.205. The van der Waals surface area contributed by atoms with E-state index >= 15 is 0 Å². The molecule has 1 rings (SSSR count). The van der Waals surface area contributed by atoms with Gasteiger partial charge in [-0.15, -0.1) is 0 Å². The van der Waals surface area contributed by atoms with Gasteiger partial charge >= 0.3 is 6.03 Å². The van der Waals surface area contributed by atoms with E-state index in [0.29, 0.717) is 18.8 Å². The highest BCUT2D eigenvalue weighted by molar-refractivity contribution is 5.88. The number of nitrogens with zero attached hydrogens (tertiary/aromatic N) is 2. The zero-order chi connectivity index (χ0) is 14.3. The van der Waals surface area contributed by atoms with Crippen LogP contribution in [0, 0.1) is 6.92 Å². The van der Waals surface area contributed by atoms with Gasteiger partial charge in [0.05, 0.1) is 0 Å². The highest BCUT2D eigenvalue weighted by atomic mass is 16.2. The summed E-state index contributed by atoms with van der Waals surface area (Å²) in [5.41, 5.74) is 11.0. The fraction of sp³-hybridized carbons (Fsp3) is 0.583. The number of hydrogen-bond donors (Lipinski definition) is 3. The van der Waals surface area contributed by atoms with Gasteiger partial charge in [0.15, 0.2) is 0 Å². The fourth-order valence-electron chi connectivity index (χ4n) is 1.78. The monoisotopic (exact) mass is 267 g/mol. The van der Waals surface area contributed by atoms with Gasteiger partial charge in [0, 0.05) is 18.3 Å². The first-order valence-electron chi connectivity index (χ1n) is 6.39. The van der Waals surface area contributed by atoms with Crippen molar-refractivity contribution in [2.24, 2.45) is 11.5 Å². The Morgan fingerprint density at radius 2 is 2.05 bits per heavy atom. The van der Waals surface area contributed by atoms with Crippen LogP contribution < -0.4 is 21.9 Å². The predicted molar refractivity (Wildman–Crippen MR) is 74.0 cm³/mol. The third-order valence-corrected chi connectivity index (χ3v) is 2.71. The van der Waals surface area contributed by atoms with Crippen LogP contribution in [0.3, 0.4) is 0 Å². The van der Waals surface area contributed by atoms with Crippen molar-refractivity contribution in [3.05, 3.63) is 22.1 Å². The number of aromatic nitrogens is 2. The highest BCUT2D eigenvalue weighted by Gasteiger charge is 2.14. The van der Waals surface area contributed by atoms with E-state index in [1.165, 1.54) is 11.0 Å². The van der Waals surface area contributed by atoms with Crippen LogP contribution in [0.4, 0.5) is 10.7 Å². The molecule has 106 valence electrons. The summed E-state index contributed by atoms with van der Waals surface area (Å²) in [6.07, 6.45) is 3.73. The summed E-state index contributed by atoms with van der Waals surface area (Å²) in [4.78, 5) is 30.7. The number of rotatable bonds is 7. The van der Waals surface area contributed by atoms with Crippen LogP contribution in [-0.4, -0.2) is 29.1 Å². The lowest BCUT2D eigenvalue weighted by atomic mass is 10.2. The lowest BCUT2D eigenvalue weighted by Crippen LogP contribution is -2.38. The fourth-order valence-corrected chi connectivity index (χ4v) is 1.78. The molecule has 0 bridgehead atoms. The third kappa shape index (κ3) is 5.09. The zero-order valence-electron chi connectivity index (χ0n) is 11.2. The smallest absolute Gasteiger partial charge is 0.321 e. The van der Waals surface area contributed by atoms with Crippen molar-refractivity contribution in [2.45, 2.75) is 32.6 Å². The van der Waals surface area contributed by atoms with Gasteiger partial charge in [-0.3, -0.25) is 14.7 Å². The predicted octanol–water partition coefficient (Wildman–Crippen LogP) is 0.483. The van der Waals surface area contributed by atoms with Gasteiger partial charge in [-0.25, -0.2) is 9.78 Å². The number of nitrogens with two attached hydrogens (primary N) is 2. The molecule has 0 aliphatic heterocycles. The largest absolute Gasteiger partial charge is 0.351 e. The minimum Gasteiger partial charge on any atom is -0.351 e. The molecule has 7 nitrogen and oxygen atoms in total. The van der Waals surface area contributed by atoms with Crippen LogP contribution in [0.1, 0.15) is 31.4 Å². The molecule has 1 heterocycles. The van der Waals surface area contributed by atoms with Crippen molar-refractivity contribution in [1.29, 1.82) is 0 Å². The Morgan fingerprint density at radius 3 is 2.63 bits per heavy atom. The molecule has 0 saturated carbocycles. The van der Waals surface area contributed by atoms with Crippen LogP contribution in [-0.2, 0) is 0 Å². The van der Waals surface area contributed by atoms with E-state index in [2.05, 4.69) is 9.97 Å². The molecule has 0 unspecified atom stereocenters. The van der Waals surface area contributed by atoms with Crippen molar-refractivity contribution in [2.75, 3.05) is 18.0 Å². The average Bonchev–Trinajstić information content (AvgIpc) is 2.31. The Labute approximate surface area is 112 Å². The molecule has 19 heavy (non-hydrogen) atoms.